The van der Waals surface area contributed by atoms with Crippen LogP contribution in [0.1, 0.15) is 22.3 Å². The number of aromatic nitrogens is 7. The van der Waals surface area contributed by atoms with E-state index < -0.39 is 0 Å². The summed E-state index contributed by atoms with van der Waals surface area (Å²) in [5.41, 5.74) is 33.2. The lowest BCUT2D eigenvalue weighted by atomic mass is 9.89. The van der Waals surface area contributed by atoms with Gasteiger partial charge in [-0.25, -0.2) is 9.97 Å². The third kappa shape index (κ3) is 11.4. The van der Waals surface area contributed by atoms with Crippen LogP contribution in [0.25, 0.3) is 215 Å². The van der Waals surface area contributed by atoms with Gasteiger partial charge in [0.25, 0.3) is 0 Å². The molecular weight excluding hydrogens is 1490 g/mol. The zero-order valence-corrected chi connectivity index (χ0v) is 67.0. The van der Waals surface area contributed by atoms with Crippen molar-refractivity contribution in [2.24, 2.45) is 0 Å². The first-order valence-corrected chi connectivity index (χ1v) is 42.4. The molecule has 0 atom stereocenters. The molecule has 0 aliphatic carbocycles. The highest BCUT2D eigenvalue weighted by molar-refractivity contribution is 6.18. The van der Waals surface area contributed by atoms with Crippen LogP contribution in [-0.2, 0) is 12.8 Å². The molecule has 6 heterocycles. The average Bonchev–Trinajstić information content (AvgIpc) is 1.59. The Bertz CT molecular complexity index is 8390. The van der Waals surface area contributed by atoms with E-state index in [0.717, 1.165) is 129 Å². The monoisotopic (exact) mass is 1570 g/mol. The van der Waals surface area contributed by atoms with Gasteiger partial charge in [0.2, 0.25) is 5.95 Å². The minimum absolute atomic E-state index is 0.599. The van der Waals surface area contributed by atoms with Crippen molar-refractivity contribution >= 4 is 131 Å². The van der Waals surface area contributed by atoms with Crippen molar-refractivity contribution in [2.45, 2.75) is 12.8 Å². The summed E-state index contributed by atoms with van der Waals surface area (Å²) in [6, 6.07) is 159. The van der Waals surface area contributed by atoms with Crippen LogP contribution in [0, 0.1) is 0 Å². The standard InChI is InChI=1S/C116H75N7/c1-6-26-74(27-7-1)64-83-32-16-17-37-90(83)91-56-53-89(67-85(91)65-75-28-8-2-9-29-75)122-107-45-25-21-41-96(107)101-71-78(50-61-111(101)122)77-49-60-110-100(70-77)95-40-20-24-44-106(95)121(110)88-54-57-92-84(66-88)46-55-97-114(76-30-10-3-11-31-76)117-116(118-115(92)97)123-112-62-51-81(79-47-58-108-98(68-79)93-38-18-22-42-104(93)119(108)86-33-12-4-13-34-86)72-102(112)103-73-82(52-63-113(103)123)80-48-59-109-99(69-80)94-39-19-23-43-105(94)120(109)87-35-14-5-15-36-87/h1-63,66-73H,64-65H2. The van der Waals surface area contributed by atoms with Gasteiger partial charge < -0.3 is 18.3 Å². The van der Waals surface area contributed by atoms with Crippen LogP contribution in [0.5, 0.6) is 0 Å². The highest BCUT2D eigenvalue weighted by Gasteiger charge is 2.25. The van der Waals surface area contributed by atoms with Gasteiger partial charge in [0.1, 0.15) is 0 Å². The van der Waals surface area contributed by atoms with Crippen molar-refractivity contribution in [3.05, 3.63) is 453 Å². The van der Waals surface area contributed by atoms with Crippen molar-refractivity contribution in [3.63, 3.8) is 0 Å². The van der Waals surface area contributed by atoms with Crippen LogP contribution in [0.3, 0.4) is 0 Å². The zero-order chi connectivity index (χ0) is 80.7. The third-order valence-electron chi connectivity index (χ3n) is 25.8. The van der Waals surface area contributed by atoms with Gasteiger partial charge in [0.05, 0.1) is 66.4 Å². The van der Waals surface area contributed by atoms with E-state index in [1.165, 1.54) is 115 Å². The maximum Gasteiger partial charge on any atom is 0.235 e. The summed E-state index contributed by atoms with van der Waals surface area (Å²) in [6.07, 6.45) is 1.66. The number of rotatable bonds is 14. The molecule has 574 valence electrons. The zero-order valence-electron chi connectivity index (χ0n) is 67.0. The second-order valence-electron chi connectivity index (χ2n) is 32.7. The second kappa shape index (κ2) is 28.2. The molecule has 0 amide bonds. The van der Waals surface area contributed by atoms with Gasteiger partial charge in [-0.3, -0.25) is 4.57 Å². The third-order valence-corrected chi connectivity index (χ3v) is 25.8. The fourth-order valence-corrected chi connectivity index (χ4v) is 20.1. The fraction of sp³-hybridized carbons (Fsp3) is 0.0172. The van der Waals surface area contributed by atoms with Crippen LogP contribution in [0.2, 0.25) is 0 Å². The average molecular weight is 1570 g/mol. The highest BCUT2D eigenvalue weighted by Crippen LogP contribution is 2.46. The summed E-state index contributed by atoms with van der Waals surface area (Å²) in [5.74, 6) is 0.599. The largest absolute Gasteiger partial charge is 0.309 e. The van der Waals surface area contributed by atoms with Crippen LogP contribution in [0.15, 0.2) is 431 Å². The molecule has 0 fully saturated rings. The molecule has 19 aromatic carbocycles. The molecule has 123 heavy (non-hydrogen) atoms. The van der Waals surface area contributed by atoms with E-state index in [1.807, 2.05) is 0 Å². The predicted molar refractivity (Wildman–Crippen MR) is 514 cm³/mol. The minimum Gasteiger partial charge on any atom is -0.309 e. The van der Waals surface area contributed by atoms with Crippen LogP contribution >= 0.6 is 0 Å². The number of hydrogen-bond acceptors (Lipinski definition) is 2. The molecule has 7 heteroatoms. The normalized spacial score (nSPS) is 12.0. The predicted octanol–water partition coefficient (Wildman–Crippen LogP) is 29.8. The molecule has 0 aliphatic heterocycles. The van der Waals surface area contributed by atoms with E-state index in [4.69, 9.17) is 9.97 Å². The fourth-order valence-electron chi connectivity index (χ4n) is 20.1. The highest BCUT2D eigenvalue weighted by atomic mass is 15.2. The molecule has 0 unspecified atom stereocenters. The summed E-state index contributed by atoms with van der Waals surface area (Å²) in [5, 5.41) is 15.0. The smallest absolute Gasteiger partial charge is 0.235 e. The van der Waals surface area contributed by atoms with E-state index in [-0.39, 0.29) is 0 Å². The summed E-state index contributed by atoms with van der Waals surface area (Å²) in [4.78, 5) is 11.6. The minimum atomic E-state index is 0.599. The summed E-state index contributed by atoms with van der Waals surface area (Å²) < 4.78 is 12.0. The Labute approximate surface area is 709 Å². The van der Waals surface area contributed by atoms with Crippen molar-refractivity contribution in [1.29, 1.82) is 0 Å². The molecule has 0 aliphatic rings. The first-order valence-electron chi connectivity index (χ1n) is 42.4. The van der Waals surface area contributed by atoms with Crippen LogP contribution in [0.4, 0.5) is 0 Å². The van der Waals surface area contributed by atoms with Gasteiger partial charge in [-0.1, -0.05) is 279 Å². The van der Waals surface area contributed by atoms with E-state index in [1.54, 1.807) is 0 Å². The maximum atomic E-state index is 5.84. The van der Waals surface area contributed by atoms with Gasteiger partial charge in [-0.2, -0.15) is 0 Å². The number of fused-ring (bicyclic) bond motifs is 18. The molecule has 7 nitrogen and oxygen atoms in total. The lowest BCUT2D eigenvalue weighted by Crippen LogP contribution is -2.04. The van der Waals surface area contributed by atoms with Gasteiger partial charge in [0, 0.05) is 92.9 Å². The SMILES string of the molecule is c1ccc(Cc2ccccc2-c2ccc(-n3c4ccccc4c4cc(-c5ccc6c(c5)c5ccccc5n6-c5ccc6c(ccc7c(-c8ccccc8)nc(-n8c9ccc(-c%10ccc%11c(c%10)c%10ccccc%10n%11-c%10ccccc%10)cc9c9cc(-c%10ccc%11c(c%10)c%10ccccc%10n%11-c%10ccccc%10)ccc98)nc76)c5)ccc43)cc2Cc2ccccc2)cc1. The molecule has 0 spiro atoms. The molecule has 0 saturated heterocycles. The Hall–Kier alpha value is -16.2. The topological polar surface area (TPSA) is 50.4 Å². The molecule has 6 aromatic heterocycles. The lowest BCUT2D eigenvalue weighted by Gasteiger charge is -2.17. The Balaban J connectivity index is 0.616. The molecule has 0 radical (unpaired) electrons. The van der Waals surface area contributed by atoms with Crippen molar-refractivity contribution in [2.75, 3.05) is 0 Å². The van der Waals surface area contributed by atoms with Gasteiger partial charge in [-0.15, -0.1) is 0 Å². The summed E-state index contributed by atoms with van der Waals surface area (Å²) in [6.45, 7) is 0. The number of hydrogen-bond donors (Lipinski definition) is 0. The second-order valence-corrected chi connectivity index (χ2v) is 32.7. The lowest BCUT2D eigenvalue weighted by molar-refractivity contribution is 1.02. The Morgan fingerprint density at radius 3 is 0.951 bits per heavy atom. The Morgan fingerprint density at radius 1 is 0.179 bits per heavy atom. The first-order chi connectivity index (χ1) is 61.0. The van der Waals surface area contributed by atoms with E-state index in [2.05, 4.69) is 454 Å². The van der Waals surface area contributed by atoms with E-state index >= 15 is 0 Å². The molecule has 0 bridgehead atoms. The van der Waals surface area contributed by atoms with Crippen LogP contribution < -0.4 is 0 Å². The summed E-state index contributed by atoms with van der Waals surface area (Å²) >= 11 is 0. The number of para-hydroxylation sites is 6. The van der Waals surface area contributed by atoms with E-state index in [9.17, 15) is 0 Å². The van der Waals surface area contributed by atoms with Gasteiger partial charge >= 0.3 is 0 Å². The summed E-state index contributed by atoms with van der Waals surface area (Å²) in [7, 11) is 0. The Morgan fingerprint density at radius 2 is 0.504 bits per heavy atom. The van der Waals surface area contributed by atoms with E-state index in [0.29, 0.717) is 5.95 Å². The van der Waals surface area contributed by atoms with Gasteiger partial charge in [0.15, 0.2) is 0 Å². The van der Waals surface area contributed by atoms with Crippen molar-refractivity contribution in [3.8, 4) is 84.5 Å². The van der Waals surface area contributed by atoms with Crippen molar-refractivity contribution in [1.82, 2.24) is 32.8 Å². The molecule has 25 rings (SSSR count). The Kier molecular flexibility index (Phi) is 16.0. The van der Waals surface area contributed by atoms with Crippen molar-refractivity contribution < 1.29 is 0 Å². The maximum absolute atomic E-state index is 5.84. The number of nitrogens with zero attached hydrogens (tertiary/aromatic N) is 7. The van der Waals surface area contributed by atoms with Gasteiger partial charge in [-0.05, 0) is 237 Å². The molecule has 25 aromatic rings. The molecule has 0 N–H and O–H groups in total. The molecule has 0 saturated carbocycles. The number of benzene rings is 19. The molecular formula is C116H75N7. The first kappa shape index (κ1) is 69.9. The van der Waals surface area contributed by atoms with Crippen LogP contribution in [-0.4, -0.2) is 32.8 Å². The quantitative estimate of drug-likeness (QED) is 0.102.